The smallest absolute Gasteiger partial charge is 0.321 e. The third kappa shape index (κ3) is 3.79. The zero-order valence-electron chi connectivity index (χ0n) is 17.5. The Bertz CT molecular complexity index is 1130. The van der Waals surface area contributed by atoms with Gasteiger partial charge in [-0.05, 0) is 48.4 Å². The molecule has 2 aromatic carbocycles. The lowest BCUT2D eigenvalue weighted by atomic mass is 9.59. The molecule has 33 heavy (non-hydrogen) atoms. The molecule has 0 bridgehead atoms. The Morgan fingerprint density at radius 3 is 2.52 bits per heavy atom. The molecule has 174 valence electrons. The lowest BCUT2D eigenvalue weighted by Gasteiger charge is -2.45. The molecular weight excluding hydrogens is 473 g/mol. The fourth-order valence-electron chi connectivity index (χ4n) is 5.47. The number of aliphatic carboxylic acids is 1. The number of hydrogen-bond donors (Lipinski definition) is 3. The zero-order chi connectivity index (χ0) is 24.0. The number of rotatable bonds is 6. The standard InChI is InChI=1S/C24H22Cl2F2N2O3/c25-13-5-6-15(17(27)9-13)24(11-29)18(10-23(12-31)7-2-8-23)30-21(22(32)33)19(24)14-3-1-4-16(26)20(14)28/h1,3-6,9,18-19,21,30-31H,2,7-8,10,12H2,(H,32,33)/t18-,19-,21+,24-/m1/s1. The molecule has 2 fully saturated rings. The Hall–Kier alpha value is -2.24. The van der Waals surface area contributed by atoms with Gasteiger partial charge in [-0.2, -0.15) is 5.26 Å². The van der Waals surface area contributed by atoms with Gasteiger partial charge >= 0.3 is 5.97 Å². The Morgan fingerprint density at radius 2 is 1.97 bits per heavy atom. The van der Waals surface area contributed by atoms with E-state index < -0.39 is 46.4 Å². The SMILES string of the molecule is N#C[C@]1(c2ccc(Cl)cc2F)[C@H](c2cccc(Cl)c2F)[C@@H](C(=O)O)N[C@@H]1CC1(CO)CCC1. The van der Waals surface area contributed by atoms with Gasteiger partial charge in [0.25, 0.3) is 0 Å². The summed E-state index contributed by atoms with van der Waals surface area (Å²) in [6.07, 6.45) is 2.50. The van der Waals surface area contributed by atoms with E-state index in [1.807, 2.05) is 0 Å². The summed E-state index contributed by atoms with van der Waals surface area (Å²) in [4.78, 5) is 12.3. The molecule has 0 amide bonds. The Morgan fingerprint density at radius 1 is 1.24 bits per heavy atom. The van der Waals surface area contributed by atoms with Gasteiger partial charge in [-0.1, -0.05) is 47.8 Å². The third-order valence-corrected chi connectivity index (χ3v) is 7.81. The van der Waals surface area contributed by atoms with Crippen molar-refractivity contribution in [3.05, 3.63) is 69.2 Å². The van der Waals surface area contributed by atoms with E-state index in [0.29, 0.717) is 12.8 Å². The van der Waals surface area contributed by atoms with Crippen LogP contribution in [0.15, 0.2) is 36.4 Å². The van der Waals surface area contributed by atoms with Gasteiger partial charge < -0.3 is 10.2 Å². The summed E-state index contributed by atoms with van der Waals surface area (Å²) in [5.41, 5.74) is -2.49. The van der Waals surface area contributed by atoms with Gasteiger partial charge in [-0.15, -0.1) is 0 Å². The molecular formula is C24H22Cl2F2N2O3. The van der Waals surface area contributed by atoms with Crippen LogP contribution >= 0.6 is 23.2 Å². The number of aliphatic hydroxyl groups excluding tert-OH is 1. The van der Waals surface area contributed by atoms with Crippen LogP contribution in [0.1, 0.15) is 42.7 Å². The van der Waals surface area contributed by atoms with E-state index in [4.69, 9.17) is 23.2 Å². The highest BCUT2D eigenvalue weighted by molar-refractivity contribution is 6.31. The number of aliphatic hydroxyl groups is 1. The molecule has 1 heterocycles. The zero-order valence-corrected chi connectivity index (χ0v) is 19.0. The van der Waals surface area contributed by atoms with E-state index in [0.717, 1.165) is 12.5 Å². The third-order valence-electron chi connectivity index (χ3n) is 7.29. The minimum absolute atomic E-state index is 0.0764. The maximum absolute atomic E-state index is 15.3. The van der Waals surface area contributed by atoms with Crippen molar-refractivity contribution >= 4 is 29.2 Å². The molecule has 5 nitrogen and oxygen atoms in total. The molecule has 2 aromatic rings. The van der Waals surface area contributed by atoms with Crippen molar-refractivity contribution in [2.45, 2.75) is 49.1 Å². The predicted octanol–water partition coefficient (Wildman–Crippen LogP) is 4.79. The first kappa shape index (κ1) is 23.9. The fourth-order valence-corrected chi connectivity index (χ4v) is 5.81. The molecule has 4 rings (SSSR count). The predicted molar refractivity (Wildman–Crippen MR) is 119 cm³/mol. The summed E-state index contributed by atoms with van der Waals surface area (Å²) in [7, 11) is 0. The van der Waals surface area contributed by atoms with Crippen LogP contribution in [0.3, 0.4) is 0 Å². The maximum Gasteiger partial charge on any atom is 0.321 e. The molecule has 1 saturated carbocycles. The number of benzene rings is 2. The molecule has 0 aromatic heterocycles. The van der Waals surface area contributed by atoms with Gasteiger partial charge in [0.2, 0.25) is 0 Å². The number of carboxylic acids is 1. The summed E-state index contributed by atoms with van der Waals surface area (Å²) >= 11 is 11.9. The summed E-state index contributed by atoms with van der Waals surface area (Å²) < 4.78 is 30.6. The molecule has 2 aliphatic rings. The number of nitrogens with one attached hydrogen (secondary N) is 1. The van der Waals surface area contributed by atoms with Crippen molar-refractivity contribution in [1.29, 1.82) is 5.26 Å². The van der Waals surface area contributed by atoms with Crippen LogP contribution in [-0.2, 0) is 10.2 Å². The summed E-state index contributed by atoms with van der Waals surface area (Å²) in [5, 5.41) is 33.5. The number of carboxylic acid groups (broad SMARTS) is 1. The van der Waals surface area contributed by atoms with Crippen molar-refractivity contribution in [3.63, 3.8) is 0 Å². The summed E-state index contributed by atoms with van der Waals surface area (Å²) in [5.74, 6) is -4.24. The van der Waals surface area contributed by atoms with E-state index in [2.05, 4.69) is 11.4 Å². The lowest BCUT2D eigenvalue weighted by Crippen LogP contribution is -2.48. The van der Waals surface area contributed by atoms with E-state index in [-0.39, 0.29) is 34.2 Å². The summed E-state index contributed by atoms with van der Waals surface area (Å²) in [6, 6.07) is 7.88. The average molecular weight is 495 g/mol. The quantitative estimate of drug-likeness (QED) is 0.536. The first-order valence-electron chi connectivity index (χ1n) is 10.6. The van der Waals surface area contributed by atoms with Crippen molar-refractivity contribution in [1.82, 2.24) is 5.32 Å². The number of hydrogen-bond acceptors (Lipinski definition) is 4. The van der Waals surface area contributed by atoms with E-state index in [1.165, 1.54) is 30.3 Å². The molecule has 0 radical (unpaired) electrons. The second kappa shape index (κ2) is 8.84. The number of carbonyl (C=O) groups is 1. The summed E-state index contributed by atoms with van der Waals surface area (Å²) in [6.45, 7) is -0.149. The second-order valence-electron chi connectivity index (χ2n) is 8.98. The van der Waals surface area contributed by atoms with Crippen LogP contribution in [0.4, 0.5) is 8.78 Å². The Labute approximate surface area is 199 Å². The fraction of sp³-hybridized carbons (Fsp3) is 0.417. The normalized spacial score (nSPS) is 28.2. The maximum atomic E-state index is 15.3. The van der Waals surface area contributed by atoms with Crippen LogP contribution in [0.2, 0.25) is 10.0 Å². The van der Waals surface area contributed by atoms with E-state index in [9.17, 15) is 20.3 Å². The van der Waals surface area contributed by atoms with E-state index >= 15 is 8.78 Å². The average Bonchev–Trinajstić information content (AvgIpc) is 3.07. The molecule has 4 atom stereocenters. The molecule has 1 aliphatic heterocycles. The van der Waals surface area contributed by atoms with Crippen LogP contribution in [-0.4, -0.2) is 34.9 Å². The van der Waals surface area contributed by atoms with Crippen LogP contribution in [0, 0.1) is 28.4 Å². The van der Waals surface area contributed by atoms with Crippen LogP contribution in [0.5, 0.6) is 0 Å². The van der Waals surface area contributed by atoms with Crippen LogP contribution in [0.25, 0.3) is 0 Å². The Kier molecular flexibility index (Phi) is 6.41. The Balaban J connectivity index is 1.99. The first-order chi connectivity index (χ1) is 15.7. The van der Waals surface area contributed by atoms with Gasteiger partial charge in [0, 0.05) is 29.2 Å². The second-order valence-corrected chi connectivity index (χ2v) is 9.82. The van der Waals surface area contributed by atoms with Gasteiger partial charge in [0.15, 0.2) is 0 Å². The minimum Gasteiger partial charge on any atom is -0.480 e. The minimum atomic E-state index is -1.80. The molecule has 1 saturated heterocycles. The van der Waals surface area contributed by atoms with Crippen molar-refractivity contribution in [3.8, 4) is 6.07 Å². The topological polar surface area (TPSA) is 93.4 Å². The highest BCUT2D eigenvalue weighted by atomic mass is 35.5. The van der Waals surface area contributed by atoms with Gasteiger partial charge in [-0.3, -0.25) is 10.1 Å². The molecule has 9 heteroatoms. The van der Waals surface area contributed by atoms with Crippen molar-refractivity contribution in [2.75, 3.05) is 6.61 Å². The molecule has 3 N–H and O–H groups in total. The van der Waals surface area contributed by atoms with Crippen molar-refractivity contribution in [2.24, 2.45) is 5.41 Å². The van der Waals surface area contributed by atoms with Gasteiger partial charge in [-0.25, -0.2) is 8.78 Å². The van der Waals surface area contributed by atoms with Gasteiger partial charge in [0.1, 0.15) is 23.1 Å². The lowest BCUT2D eigenvalue weighted by molar-refractivity contribution is -0.139. The largest absolute Gasteiger partial charge is 0.480 e. The number of nitriles is 1. The number of nitrogens with zero attached hydrogens (tertiary/aromatic N) is 1. The first-order valence-corrected chi connectivity index (χ1v) is 11.3. The molecule has 0 unspecified atom stereocenters. The number of halogens is 4. The highest BCUT2D eigenvalue weighted by Crippen LogP contribution is 2.55. The van der Waals surface area contributed by atoms with Gasteiger partial charge in [0.05, 0.1) is 11.1 Å². The molecule has 1 aliphatic carbocycles. The van der Waals surface area contributed by atoms with E-state index in [1.54, 1.807) is 0 Å². The monoisotopic (exact) mass is 494 g/mol. The highest BCUT2D eigenvalue weighted by Gasteiger charge is 2.62. The van der Waals surface area contributed by atoms with Crippen molar-refractivity contribution < 1.29 is 23.8 Å². The molecule has 0 spiro atoms. The van der Waals surface area contributed by atoms with Crippen LogP contribution < -0.4 is 5.32 Å².